The molecular formula is C40H80O3. The monoisotopic (exact) mass is 609 g/mol. The summed E-state index contributed by atoms with van der Waals surface area (Å²) < 4.78 is 12.9. The third-order valence-electron chi connectivity index (χ3n) is 9.92. The minimum atomic E-state index is -0.340. The van der Waals surface area contributed by atoms with Gasteiger partial charge in [-0.1, -0.05) is 194 Å². The van der Waals surface area contributed by atoms with E-state index in [0.29, 0.717) is 0 Å². The lowest BCUT2D eigenvalue weighted by molar-refractivity contribution is -0.180. The molecule has 1 atom stereocenters. The van der Waals surface area contributed by atoms with Crippen molar-refractivity contribution in [3.05, 3.63) is 0 Å². The van der Waals surface area contributed by atoms with Crippen LogP contribution in [0.4, 0.5) is 0 Å². The van der Waals surface area contributed by atoms with Crippen LogP contribution in [0.2, 0.25) is 0 Å². The second-order valence-corrected chi connectivity index (χ2v) is 14.2. The first-order valence-corrected chi connectivity index (χ1v) is 20.2. The van der Waals surface area contributed by atoms with Crippen LogP contribution in [0.1, 0.15) is 232 Å². The zero-order valence-electron chi connectivity index (χ0n) is 29.8. The molecule has 1 heterocycles. The Kier molecular flexibility index (Phi) is 30.3. The van der Waals surface area contributed by atoms with Crippen LogP contribution in [-0.2, 0) is 9.47 Å². The first kappa shape index (κ1) is 40.9. The van der Waals surface area contributed by atoms with Crippen LogP contribution >= 0.6 is 0 Å². The number of rotatable bonds is 35. The highest BCUT2D eigenvalue weighted by Crippen LogP contribution is 2.36. The number of unbranched alkanes of at least 4 members (excludes halogenated alkanes) is 28. The molecule has 0 bridgehead atoms. The van der Waals surface area contributed by atoms with Crippen molar-refractivity contribution in [2.24, 2.45) is 0 Å². The summed E-state index contributed by atoms with van der Waals surface area (Å²) in [5.41, 5.74) is 0. The highest BCUT2D eigenvalue weighted by molar-refractivity contribution is 4.80. The molecule has 3 heteroatoms. The molecule has 0 spiro atoms. The summed E-state index contributed by atoms with van der Waals surface area (Å²) in [7, 11) is 0. The fourth-order valence-electron chi connectivity index (χ4n) is 7.00. The number of hydrogen-bond acceptors (Lipinski definition) is 3. The first-order chi connectivity index (χ1) is 21.3. The van der Waals surface area contributed by atoms with Crippen molar-refractivity contribution >= 4 is 0 Å². The largest absolute Gasteiger partial charge is 0.396 e. The Morgan fingerprint density at radius 2 is 0.744 bits per heavy atom. The molecule has 43 heavy (non-hydrogen) atoms. The van der Waals surface area contributed by atoms with Gasteiger partial charge in [0.1, 0.15) is 0 Å². The van der Waals surface area contributed by atoms with Gasteiger partial charge in [0.2, 0.25) is 0 Å². The van der Waals surface area contributed by atoms with Gasteiger partial charge in [-0.15, -0.1) is 0 Å². The van der Waals surface area contributed by atoms with E-state index in [9.17, 15) is 5.11 Å². The van der Waals surface area contributed by atoms with Gasteiger partial charge in [-0.05, 0) is 25.7 Å². The van der Waals surface area contributed by atoms with Gasteiger partial charge in [-0.3, -0.25) is 0 Å². The van der Waals surface area contributed by atoms with Gasteiger partial charge in [-0.25, -0.2) is 0 Å². The smallest absolute Gasteiger partial charge is 0.168 e. The van der Waals surface area contributed by atoms with Crippen molar-refractivity contribution in [1.82, 2.24) is 0 Å². The predicted octanol–water partition coefficient (Wildman–Crippen LogP) is 13.4. The summed E-state index contributed by atoms with van der Waals surface area (Å²) in [5, 5.41) is 9.26. The summed E-state index contributed by atoms with van der Waals surface area (Å²) in [6, 6.07) is 0. The number of aliphatic hydroxyl groups is 1. The lowest BCUT2D eigenvalue weighted by Gasteiger charge is -2.28. The first-order valence-electron chi connectivity index (χ1n) is 20.2. The average Bonchev–Trinajstić information content (AvgIpc) is 3.43. The van der Waals surface area contributed by atoms with E-state index in [1.54, 1.807) is 0 Å². The zero-order valence-corrected chi connectivity index (χ0v) is 29.8. The highest BCUT2D eigenvalue weighted by Gasteiger charge is 2.40. The van der Waals surface area contributed by atoms with Crippen molar-refractivity contribution in [3.8, 4) is 0 Å². The Labute approximate surface area is 271 Å². The maximum absolute atomic E-state index is 9.26. The summed E-state index contributed by atoms with van der Waals surface area (Å²) in [6.45, 7) is 5.57. The van der Waals surface area contributed by atoms with E-state index in [1.165, 1.54) is 193 Å². The number of aliphatic hydroxyl groups excluding tert-OH is 1. The minimum Gasteiger partial charge on any atom is -0.396 e. The van der Waals surface area contributed by atoms with Crippen molar-refractivity contribution in [2.45, 2.75) is 244 Å². The highest BCUT2D eigenvalue weighted by atomic mass is 16.7. The van der Waals surface area contributed by atoms with Crippen molar-refractivity contribution in [1.29, 1.82) is 0 Å². The summed E-state index contributed by atoms with van der Waals surface area (Å²) in [6.07, 6.45) is 46.1. The quantitative estimate of drug-likeness (QED) is 0.0727. The van der Waals surface area contributed by atoms with Gasteiger partial charge in [-0.2, -0.15) is 0 Å². The van der Waals surface area contributed by atoms with Crippen LogP contribution in [-0.4, -0.2) is 30.2 Å². The van der Waals surface area contributed by atoms with Gasteiger partial charge >= 0.3 is 0 Å². The third kappa shape index (κ3) is 25.7. The Morgan fingerprint density at radius 1 is 0.442 bits per heavy atom. The molecule has 1 aliphatic heterocycles. The number of hydrogen-bond donors (Lipinski definition) is 1. The van der Waals surface area contributed by atoms with Crippen LogP contribution in [0.15, 0.2) is 0 Å². The van der Waals surface area contributed by atoms with E-state index >= 15 is 0 Å². The standard InChI is InChI=1S/C40H80O3/c1-3-5-7-9-11-13-15-17-19-21-23-25-27-29-31-35-40(42-38-39(43-40)34-33-37-41)36-32-30-28-26-24-22-20-18-16-14-12-10-8-6-4-2/h39,41H,3-38H2,1-2H3/t39-/m0/s1. The lowest BCUT2D eigenvalue weighted by atomic mass is 9.98. The van der Waals surface area contributed by atoms with Crippen LogP contribution in [0.25, 0.3) is 0 Å². The molecule has 1 N–H and O–H groups in total. The van der Waals surface area contributed by atoms with E-state index in [2.05, 4.69) is 13.8 Å². The minimum absolute atomic E-state index is 0.180. The summed E-state index contributed by atoms with van der Waals surface area (Å²) >= 11 is 0. The molecular weight excluding hydrogens is 528 g/mol. The van der Waals surface area contributed by atoms with E-state index in [4.69, 9.17) is 9.47 Å². The second kappa shape index (κ2) is 31.8. The Hall–Kier alpha value is -0.120. The fourth-order valence-corrected chi connectivity index (χ4v) is 7.00. The SMILES string of the molecule is CCCCCCCCCCCCCCCCCC1(CCCCCCCCCCCCCCCCC)OC[C@H](CCCO)O1. The van der Waals surface area contributed by atoms with Crippen LogP contribution in [0.5, 0.6) is 0 Å². The number of ether oxygens (including phenoxy) is 2. The van der Waals surface area contributed by atoms with Gasteiger partial charge in [0.05, 0.1) is 12.7 Å². The molecule has 0 aromatic rings. The molecule has 0 unspecified atom stereocenters. The molecule has 0 radical (unpaired) electrons. The van der Waals surface area contributed by atoms with Gasteiger partial charge in [0, 0.05) is 19.4 Å². The van der Waals surface area contributed by atoms with E-state index in [1.807, 2.05) is 0 Å². The molecule has 0 saturated carbocycles. The Balaban J connectivity index is 2.05. The lowest BCUT2D eigenvalue weighted by Crippen LogP contribution is -2.31. The average molecular weight is 609 g/mol. The molecule has 3 nitrogen and oxygen atoms in total. The molecule has 0 aliphatic carbocycles. The van der Waals surface area contributed by atoms with Crippen LogP contribution in [0.3, 0.4) is 0 Å². The van der Waals surface area contributed by atoms with Crippen LogP contribution in [0, 0.1) is 0 Å². The molecule has 1 fully saturated rings. The van der Waals surface area contributed by atoms with E-state index in [0.717, 1.165) is 32.3 Å². The van der Waals surface area contributed by atoms with Gasteiger partial charge in [0.25, 0.3) is 0 Å². The zero-order chi connectivity index (χ0) is 30.9. The third-order valence-corrected chi connectivity index (χ3v) is 9.92. The maximum atomic E-state index is 9.26. The van der Waals surface area contributed by atoms with E-state index in [-0.39, 0.29) is 18.5 Å². The van der Waals surface area contributed by atoms with Crippen molar-refractivity contribution in [3.63, 3.8) is 0 Å². The molecule has 258 valence electrons. The Bertz CT molecular complexity index is 502. The molecule has 1 aliphatic rings. The topological polar surface area (TPSA) is 38.7 Å². The predicted molar refractivity (Wildman–Crippen MR) is 189 cm³/mol. The van der Waals surface area contributed by atoms with Crippen molar-refractivity contribution < 1.29 is 14.6 Å². The molecule has 1 rings (SSSR count). The van der Waals surface area contributed by atoms with E-state index < -0.39 is 0 Å². The summed E-state index contributed by atoms with van der Waals surface area (Å²) in [5.74, 6) is -0.340. The molecule has 1 saturated heterocycles. The maximum Gasteiger partial charge on any atom is 0.168 e. The van der Waals surface area contributed by atoms with Crippen LogP contribution < -0.4 is 0 Å². The molecule has 0 aromatic heterocycles. The van der Waals surface area contributed by atoms with Crippen molar-refractivity contribution in [2.75, 3.05) is 13.2 Å². The second-order valence-electron chi connectivity index (χ2n) is 14.2. The fraction of sp³-hybridized carbons (Fsp3) is 1.00. The van der Waals surface area contributed by atoms with Gasteiger partial charge in [0.15, 0.2) is 5.79 Å². The summed E-state index contributed by atoms with van der Waals surface area (Å²) in [4.78, 5) is 0. The molecule has 0 aromatic carbocycles. The Morgan fingerprint density at radius 3 is 1.05 bits per heavy atom. The normalized spacial score (nSPS) is 16.4. The molecule has 0 amide bonds. The van der Waals surface area contributed by atoms with Gasteiger partial charge < -0.3 is 14.6 Å².